The highest BCUT2D eigenvalue weighted by atomic mass is 35.5. The molecule has 7 nitrogen and oxygen atoms in total. The molecule has 4 aromatic rings. The molecule has 248 valence electrons. The summed E-state index contributed by atoms with van der Waals surface area (Å²) in [5, 5.41) is 26.5. The zero-order valence-corrected chi connectivity index (χ0v) is 25.9. The van der Waals surface area contributed by atoms with Crippen LogP contribution in [0.25, 0.3) is 0 Å². The predicted molar refractivity (Wildman–Crippen MR) is 161 cm³/mol. The highest BCUT2D eigenvalue weighted by Gasteiger charge is 2.32. The molecule has 4 rings (SSSR count). The summed E-state index contributed by atoms with van der Waals surface area (Å²) in [7, 11) is 0. The lowest BCUT2D eigenvalue weighted by Crippen LogP contribution is -2.05. The van der Waals surface area contributed by atoms with Gasteiger partial charge < -0.3 is 14.6 Å². The molecule has 48 heavy (non-hydrogen) atoms. The van der Waals surface area contributed by atoms with E-state index in [1.807, 2.05) is 12.1 Å². The molecular formula is C33H20Cl2F6N2O5. The zero-order chi connectivity index (χ0) is 35.8. The number of hydrogen-bond acceptors (Lipinski definition) is 6. The minimum atomic E-state index is -4.51. The molecule has 0 amide bonds. The molecular weight excluding hydrogens is 689 g/mol. The Kier molecular flexibility index (Phi) is 12.1. The summed E-state index contributed by atoms with van der Waals surface area (Å²) in [4.78, 5) is 22.5. The number of nitrogens with zero attached hydrogens (tertiary/aromatic N) is 2. The first-order valence-corrected chi connectivity index (χ1v) is 14.0. The van der Waals surface area contributed by atoms with Crippen LogP contribution in [0.5, 0.6) is 11.5 Å². The van der Waals surface area contributed by atoms with Gasteiger partial charge in [0, 0.05) is 5.56 Å². The number of carboxylic acids is 1. The van der Waals surface area contributed by atoms with Gasteiger partial charge in [-0.25, -0.2) is 4.79 Å². The Morgan fingerprint density at radius 2 is 1.08 bits per heavy atom. The van der Waals surface area contributed by atoms with Crippen LogP contribution in [0, 0.1) is 22.7 Å². The second kappa shape index (κ2) is 15.6. The molecule has 0 radical (unpaired) electrons. The number of carbonyl (C=O) groups excluding carboxylic acids is 1. The van der Waals surface area contributed by atoms with Crippen molar-refractivity contribution in [3.05, 3.63) is 127 Å². The van der Waals surface area contributed by atoms with E-state index in [1.165, 1.54) is 37.3 Å². The molecule has 0 aromatic heterocycles. The van der Waals surface area contributed by atoms with Gasteiger partial charge in [0.15, 0.2) is 5.78 Å². The summed E-state index contributed by atoms with van der Waals surface area (Å²) >= 11 is 11.6. The Labute approximate surface area is 279 Å². The van der Waals surface area contributed by atoms with Gasteiger partial charge in [0.25, 0.3) is 0 Å². The number of ketones is 1. The fourth-order valence-corrected chi connectivity index (χ4v) is 4.39. The third-order valence-electron chi connectivity index (χ3n) is 6.20. The first-order valence-electron chi connectivity index (χ1n) is 13.2. The summed E-state index contributed by atoms with van der Waals surface area (Å²) in [6.07, 6.45) is -9.00. The third-order valence-corrected chi connectivity index (χ3v) is 6.80. The van der Waals surface area contributed by atoms with E-state index in [0.29, 0.717) is 22.3 Å². The van der Waals surface area contributed by atoms with Crippen LogP contribution in [0.2, 0.25) is 10.0 Å². The van der Waals surface area contributed by atoms with E-state index in [1.54, 1.807) is 6.07 Å². The smallest absolute Gasteiger partial charge is 0.416 e. The second-order valence-corrected chi connectivity index (χ2v) is 10.6. The monoisotopic (exact) mass is 708 g/mol. The number of carboxylic acid groups (broad SMARTS) is 1. The van der Waals surface area contributed by atoms with E-state index >= 15 is 0 Å². The van der Waals surface area contributed by atoms with Crippen molar-refractivity contribution in [3.8, 4) is 23.6 Å². The van der Waals surface area contributed by atoms with Crippen LogP contribution < -0.4 is 9.47 Å². The van der Waals surface area contributed by atoms with Gasteiger partial charge in [0.1, 0.15) is 24.7 Å². The fourth-order valence-electron chi connectivity index (χ4n) is 3.92. The Morgan fingerprint density at radius 1 is 0.688 bits per heavy atom. The number of nitriles is 2. The predicted octanol–water partition coefficient (Wildman–Crippen LogP) is 9.52. The van der Waals surface area contributed by atoms with Gasteiger partial charge >= 0.3 is 18.3 Å². The molecule has 0 atom stereocenters. The van der Waals surface area contributed by atoms with Crippen LogP contribution in [0.1, 0.15) is 61.0 Å². The van der Waals surface area contributed by atoms with Crippen LogP contribution in [0.3, 0.4) is 0 Å². The summed E-state index contributed by atoms with van der Waals surface area (Å²) in [6.45, 7) is 1.18. The molecule has 0 saturated carbocycles. The molecule has 0 unspecified atom stereocenters. The summed E-state index contributed by atoms with van der Waals surface area (Å²) in [5.41, 5.74) is -0.175. The lowest BCUT2D eigenvalue weighted by Gasteiger charge is -2.12. The summed E-state index contributed by atoms with van der Waals surface area (Å²) in [6, 6.07) is 17.7. The normalized spacial score (nSPS) is 11.0. The van der Waals surface area contributed by atoms with E-state index in [0.717, 1.165) is 36.4 Å². The first-order chi connectivity index (χ1) is 22.4. The van der Waals surface area contributed by atoms with Gasteiger partial charge in [-0.15, -0.1) is 0 Å². The van der Waals surface area contributed by atoms with E-state index < -0.39 is 29.4 Å². The van der Waals surface area contributed by atoms with E-state index in [-0.39, 0.29) is 51.7 Å². The number of ether oxygens (including phenoxy) is 2. The van der Waals surface area contributed by atoms with Crippen molar-refractivity contribution < 1.29 is 50.5 Å². The number of Topliss-reactive ketones (excluding diaryl/α,β-unsaturated/α-hetero) is 1. The van der Waals surface area contributed by atoms with Crippen molar-refractivity contribution in [2.24, 2.45) is 0 Å². The zero-order valence-electron chi connectivity index (χ0n) is 24.3. The number of benzene rings is 4. The quantitative estimate of drug-likeness (QED) is 0.143. The maximum Gasteiger partial charge on any atom is 0.416 e. The van der Waals surface area contributed by atoms with E-state index in [9.17, 15) is 35.9 Å². The lowest BCUT2D eigenvalue weighted by molar-refractivity contribution is -0.138. The third kappa shape index (κ3) is 10.4. The van der Waals surface area contributed by atoms with Crippen molar-refractivity contribution in [1.29, 1.82) is 10.5 Å². The largest absolute Gasteiger partial charge is 0.487 e. The Bertz CT molecular complexity index is 1790. The average Bonchev–Trinajstić information content (AvgIpc) is 3.02. The number of aromatic carboxylic acids is 1. The number of halogens is 8. The Morgan fingerprint density at radius 3 is 1.42 bits per heavy atom. The van der Waals surface area contributed by atoms with Crippen LogP contribution in [0.4, 0.5) is 26.3 Å². The first kappa shape index (κ1) is 37.2. The minimum Gasteiger partial charge on any atom is -0.487 e. The molecule has 0 aliphatic heterocycles. The molecule has 15 heteroatoms. The highest BCUT2D eigenvalue weighted by Crippen LogP contribution is 2.36. The highest BCUT2D eigenvalue weighted by molar-refractivity contribution is 6.32. The molecule has 0 aliphatic rings. The molecule has 0 bridgehead atoms. The van der Waals surface area contributed by atoms with Crippen LogP contribution >= 0.6 is 23.2 Å². The molecule has 0 heterocycles. The number of carbonyl (C=O) groups is 2. The van der Waals surface area contributed by atoms with Crippen LogP contribution in [-0.4, -0.2) is 16.9 Å². The molecule has 1 N–H and O–H groups in total. The topological polar surface area (TPSA) is 120 Å². The fraction of sp³-hybridized carbons (Fsp3) is 0.152. The van der Waals surface area contributed by atoms with Crippen molar-refractivity contribution in [2.75, 3.05) is 0 Å². The number of rotatable bonds is 8. The van der Waals surface area contributed by atoms with Crippen LogP contribution in [-0.2, 0) is 25.6 Å². The maximum absolute atomic E-state index is 12.6. The maximum atomic E-state index is 12.6. The molecule has 0 spiro atoms. The summed E-state index contributed by atoms with van der Waals surface area (Å²) in [5.74, 6) is -1.32. The van der Waals surface area contributed by atoms with Crippen LogP contribution in [0.15, 0.2) is 72.8 Å². The van der Waals surface area contributed by atoms with Crippen molar-refractivity contribution in [2.45, 2.75) is 32.5 Å². The summed E-state index contributed by atoms with van der Waals surface area (Å²) < 4.78 is 86.2. The van der Waals surface area contributed by atoms with E-state index in [4.69, 9.17) is 48.3 Å². The Hall–Kier alpha value is -5.24. The van der Waals surface area contributed by atoms with Crippen molar-refractivity contribution >= 4 is 35.0 Å². The Balaban J connectivity index is 0.000000260. The SMILES string of the molecule is CC(=O)c1cc(C#N)cc(COc2ccc(C(F)(F)F)cc2Cl)c1.N#Cc1cc(COc2ccc(C(F)(F)F)cc2Cl)cc(C(=O)O)c1. The second-order valence-electron chi connectivity index (χ2n) is 9.79. The van der Waals surface area contributed by atoms with Gasteiger partial charge in [-0.3, -0.25) is 4.79 Å². The molecule has 0 aliphatic carbocycles. The van der Waals surface area contributed by atoms with Gasteiger partial charge in [0.05, 0.1) is 50.0 Å². The number of alkyl halides is 6. The average molecular weight is 709 g/mol. The van der Waals surface area contributed by atoms with Crippen molar-refractivity contribution in [3.63, 3.8) is 0 Å². The van der Waals surface area contributed by atoms with Gasteiger partial charge in [-0.2, -0.15) is 36.9 Å². The van der Waals surface area contributed by atoms with Gasteiger partial charge in [-0.05, 0) is 90.8 Å². The molecule has 0 fully saturated rings. The minimum absolute atomic E-state index is 0.0175. The standard InChI is InChI=1S/C17H11ClF3NO2.C16H9ClF3NO3/c1-10(23)13-5-11(8-22)4-12(6-13)9-24-16-3-2-14(7-15(16)18)17(19,20)21;17-13-6-12(16(18,19)20)1-2-14(13)24-8-10-3-9(7-21)4-11(5-10)15(22)23/h2-7H,9H2,1H3;1-6H,8H2,(H,22,23). The number of hydrogen-bond donors (Lipinski definition) is 1. The van der Waals surface area contributed by atoms with E-state index in [2.05, 4.69) is 0 Å². The lowest BCUT2D eigenvalue weighted by atomic mass is 10.0. The van der Waals surface area contributed by atoms with Gasteiger partial charge in [0.2, 0.25) is 0 Å². The van der Waals surface area contributed by atoms with Crippen molar-refractivity contribution in [1.82, 2.24) is 0 Å². The van der Waals surface area contributed by atoms with Gasteiger partial charge in [-0.1, -0.05) is 23.2 Å². The molecule has 0 saturated heterocycles. The molecule has 4 aromatic carbocycles.